The molecule has 0 radical (unpaired) electrons. The molecule has 0 aromatic heterocycles. The first-order valence-corrected chi connectivity index (χ1v) is 7.77. The van der Waals surface area contributed by atoms with E-state index >= 15 is 0 Å². The molecular weight excluding hydrogens is 232 g/mol. The lowest BCUT2D eigenvalue weighted by atomic mass is 9.83. The molecule has 1 fully saturated rings. The molecule has 1 aliphatic carbocycles. The predicted molar refractivity (Wildman–Crippen MR) is 82.1 cm³/mol. The number of hydrogen-bond donors (Lipinski definition) is 2. The van der Waals surface area contributed by atoms with Gasteiger partial charge in [0.2, 0.25) is 0 Å². The summed E-state index contributed by atoms with van der Waals surface area (Å²) in [5.74, 6) is 0. The van der Waals surface area contributed by atoms with Crippen molar-refractivity contribution in [2.24, 2.45) is 11.1 Å². The van der Waals surface area contributed by atoms with Crippen LogP contribution in [0.15, 0.2) is 24.3 Å². The molecule has 19 heavy (non-hydrogen) atoms. The molecule has 2 heteroatoms. The molecule has 0 bridgehead atoms. The fourth-order valence-electron chi connectivity index (χ4n) is 3.24. The average molecular weight is 260 g/mol. The third-order valence-corrected chi connectivity index (χ3v) is 4.70. The Balaban J connectivity index is 1.78. The maximum atomic E-state index is 5.57. The summed E-state index contributed by atoms with van der Waals surface area (Å²) in [5, 5.41) is 3.66. The highest BCUT2D eigenvalue weighted by molar-refractivity contribution is 5.22. The first kappa shape index (κ1) is 14.5. The Morgan fingerprint density at radius 3 is 2.32 bits per heavy atom. The fraction of sp³-hybridized carbons (Fsp3) is 0.647. The van der Waals surface area contributed by atoms with Gasteiger partial charge in [0.15, 0.2) is 0 Å². The number of nitrogens with two attached hydrogens (primary N) is 1. The largest absolute Gasteiger partial charge is 0.330 e. The van der Waals surface area contributed by atoms with Gasteiger partial charge >= 0.3 is 0 Å². The molecule has 1 aliphatic rings. The summed E-state index contributed by atoms with van der Waals surface area (Å²) in [6.45, 7) is 5.24. The molecule has 1 aromatic rings. The van der Waals surface area contributed by atoms with Gasteiger partial charge in [-0.3, -0.25) is 0 Å². The van der Waals surface area contributed by atoms with E-state index in [1.165, 1.54) is 49.8 Å². The molecule has 106 valence electrons. The molecule has 3 N–H and O–H groups in total. The molecule has 1 aromatic carbocycles. The molecule has 0 heterocycles. The molecule has 2 nitrogen and oxygen atoms in total. The number of hydrogen-bond acceptors (Lipinski definition) is 2. The van der Waals surface area contributed by atoms with Crippen LogP contribution in [0.25, 0.3) is 0 Å². The number of nitrogens with one attached hydrogen (secondary N) is 1. The minimum atomic E-state index is 0.583. The molecule has 1 saturated carbocycles. The van der Waals surface area contributed by atoms with Crippen LogP contribution < -0.4 is 11.1 Å². The highest BCUT2D eigenvalue weighted by Crippen LogP contribution is 2.40. The summed E-state index contributed by atoms with van der Waals surface area (Å²) < 4.78 is 0. The van der Waals surface area contributed by atoms with Crippen molar-refractivity contribution < 1.29 is 0 Å². The van der Waals surface area contributed by atoms with E-state index in [2.05, 4.69) is 36.5 Å². The van der Waals surface area contributed by atoms with Crippen LogP contribution in [-0.4, -0.2) is 13.1 Å². The van der Waals surface area contributed by atoms with Crippen LogP contribution in [0.2, 0.25) is 0 Å². The normalized spacial score (nSPS) is 17.8. The van der Waals surface area contributed by atoms with E-state index in [1.54, 1.807) is 0 Å². The smallest absolute Gasteiger partial charge is 0.0205 e. The molecule has 0 amide bonds. The minimum Gasteiger partial charge on any atom is -0.330 e. The molecule has 0 atom stereocenters. The fourth-order valence-corrected chi connectivity index (χ4v) is 3.24. The summed E-state index contributed by atoms with van der Waals surface area (Å²) in [4.78, 5) is 0. The average Bonchev–Trinajstić information content (AvgIpc) is 2.91. The highest BCUT2D eigenvalue weighted by Gasteiger charge is 2.31. The van der Waals surface area contributed by atoms with Gasteiger partial charge in [-0.15, -0.1) is 0 Å². The van der Waals surface area contributed by atoms with Gasteiger partial charge in [-0.25, -0.2) is 0 Å². The van der Waals surface area contributed by atoms with Gasteiger partial charge in [0.25, 0.3) is 0 Å². The van der Waals surface area contributed by atoms with E-state index in [0.29, 0.717) is 5.41 Å². The van der Waals surface area contributed by atoms with Crippen LogP contribution >= 0.6 is 0 Å². The van der Waals surface area contributed by atoms with Crippen LogP contribution in [-0.2, 0) is 13.0 Å². The second-order valence-corrected chi connectivity index (χ2v) is 6.02. The zero-order valence-corrected chi connectivity index (χ0v) is 12.3. The van der Waals surface area contributed by atoms with Crippen molar-refractivity contribution in [2.45, 2.75) is 52.0 Å². The van der Waals surface area contributed by atoms with Crippen molar-refractivity contribution in [3.05, 3.63) is 35.4 Å². The SMILES string of the molecule is CCC1(CNCc2ccc(CCN)cc2)CCCC1. The lowest BCUT2D eigenvalue weighted by Crippen LogP contribution is -2.31. The van der Waals surface area contributed by atoms with Crippen LogP contribution in [0.3, 0.4) is 0 Å². The Morgan fingerprint density at radius 2 is 1.74 bits per heavy atom. The van der Waals surface area contributed by atoms with Gasteiger partial charge in [-0.1, -0.05) is 44.0 Å². The van der Waals surface area contributed by atoms with E-state index in [4.69, 9.17) is 5.73 Å². The van der Waals surface area contributed by atoms with Gasteiger partial charge in [0.1, 0.15) is 0 Å². The van der Waals surface area contributed by atoms with Crippen LogP contribution in [0.1, 0.15) is 50.2 Å². The van der Waals surface area contributed by atoms with Crippen LogP contribution in [0, 0.1) is 5.41 Å². The lowest BCUT2D eigenvalue weighted by molar-refractivity contribution is 0.268. The Bertz CT molecular complexity index is 363. The van der Waals surface area contributed by atoms with E-state index in [0.717, 1.165) is 19.5 Å². The maximum absolute atomic E-state index is 5.57. The predicted octanol–water partition coefficient (Wildman–Crippen LogP) is 3.25. The quantitative estimate of drug-likeness (QED) is 0.790. The number of benzene rings is 1. The van der Waals surface area contributed by atoms with Gasteiger partial charge in [-0.05, 0) is 48.8 Å². The molecule has 0 saturated heterocycles. The van der Waals surface area contributed by atoms with E-state index in [-0.39, 0.29) is 0 Å². The summed E-state index contributed by atoms with van der Waals surface area (Å²) in [6.07, 6.45) is 7.95. The van der Waals surface area contributed by atoms with E-state index in [9.17, 15) is 0 Å². The Morgan fingerprint density at radius 1 is 1.11 bits per heavy atom. The first-order chi connectivity index (χ1) is 9.28. The van der Waals surface area contributed by atoms with Gasteiger partial charge in [0.05, 0.1) is 0 Å². The summed E-state index contributed by atoms with van der Waals surface area (Å²) in [7, 11) is 0. The van der Waals surface area contributed by atoms with Crippen molar-refractivity contribution in [1.82, 2.24) is 5.32 Å². The van der Waals surface area contributed by atoms with Gasteiger partial charge < -0.3 is 11.1 Å². The molecule has 0 spiro atoms. The Labute approximate surface area is 117 Å². The molecule has 0 aliphatic heterocycles. The van der Waals surface area contributed by atoms with Crippen LogP contribution in [0.5, 0.6) is 0 Å². The summed E-state index contributed by atoms with van der Waals surface area (Å²) in [6, 6.07) is 8.86. The zero-order valence-electron chi connectivity index (χ0n) is 12.3. The van der Waals surface area contributed by atoms with E-state index < -0.39 is 0 Å². The zero-order chi connectivity index (χ0) is 13.6. The standard InChI is InChI=1S/C17H28N2/c1-2-17(10-3-4-11-17)14-19-13-16-7-5-15(6-8-16)9-12-18/h5-8,19H,2-4,9-14,18H2,1H3. The molecular formula is C17H28N2. The highest BCUT2D eigenvalue weighted by atomic mass is 14.9. The lowest BCUT2D eigenvalue weighted by Gasteiger charge is -2.27. The third kappa shape index (κ3) is 4.05. The Kier molecular flexibility index (Phi) is 5.41. The van der Waals surface area contributed by atoms with Gasteiger partial charge in [-0.2, -0.15) is 0 Å². The monoisotopic (exact) mass is 260 g/mol. The van der Waals surface area contributed by atoms with Gasteiger partial charge in [0, 0.05) is 13.1 Å². The van der Waals surface area contributed by atoms with Crippen molar-refractivity contribution >= 4 is 0 Å². The summed E-state index contributed by atoms with van der Waals surface area (Å²) >= 11 is 0. The van der Waals surface area contributed by atoms with Crippen molar-refractivity contribution in [2.75, 3.05) is 13.1 Å². The second-order valence-electron chi connectivity index (χ2n) is 6.02. The first-order valence-electron chi connectivity index (χ1n) is 7.77. The summed E-state index contributed by atoms with van der Waals surface area (Å²) in [5.41, 5.74) is 8.87. The van der Waals surface area contributed by atoms with Crippen molar-refractivity contribution in [3.63, 3.8) is 0 Å². The van der Waals surface area contributed by atoms with E-state index in [1.807, 2.05) is 0 Å². The van der Waals surface area contributed by atoms with Crippen molar-refractivity contribution in [3.8, 4) is 0 Å². The molecule has 0 unspecified atom stereocenters. The number of rotatable bonds is 7. The van der Waals surface area contributed by atoms with Crippen LogP contribution in [0.4, 0.5) is 0 Å². The maximum Gasteiger partial charge on any atom is 0.0205 e. The molecule has 2 rings (SSSR count). The topological polar surface area (TPSA) is 38.0 Å². The minimum absolute atomic E-state index is 0.583. The van der Waals surface area contributed by atoms with Crippen molar-refractivity contribution in [1.29, 1.82) is 0 Å². The Hall–Kier alpha value is -0.860. The second kappa shape index (κ2) is 7.06. The third-order valence-electron chi connectivity index (χ3n) is 4.70.